The Hall–Kier alpha value is -0.950. The SMILES string of the molecule is CCCNC(C)c1ccc(S(=O)(=O)N(CC)CCO)cc1. The Morgan fingerprint density at radius 2 is 1.86 bits per heavy atom. The fourth-order valence-corrected chi connectivity index (χ4v) is 3.56. The van der Waals surface area contributed by atoms with Gasteiger partial charge in [0.2, 0.25) is 10.0 Å². The van der Waals surface area contributed by atoms with Crippen molar-refractivity contribution < 1.29 is 13.5 Å². The Balaban J connectivity index is 2.90. The Bertz CT molecular complexity index is 514. The molecule has 0 amide bonds. The molecule has 21 heavy (non-hydrogen) atoms. The second-order valence-electron chi connectivity index (χ2n) is 4.97. The van der Waals surface area contributed by atoms with E-state index in [1.54, 1.807) is 19.1 Å². The zero-order valence-corrected chi connectivity index (χ0v) is 13.9. The molecule has 0 aromatic heterocycles. The van der Waals surface area contributed by atoms with Crippen LogP contribution in [0.2, 0.25) is 0 Å². The minimum absolute atomic E-state index is 0.120. The van der Waals surface area contributed by atoms with Gasteiger partial charge in [-0.05, 0) is 37.6 Å². The molecule has 1 aromatic rings. The van der Waals surface area contributed by atoms with Crippen LogP contribution in [0, 0.1) is 0 Å². The standard InChI is InChI=1S/C15H26N2O3S/c1-4-10-16-13(3)14-6-8-15(9-7-14)21(19,20)17(5-2)11-12-18/h6-9,13,16,18H,4-5,10-12H2,1-3H3. The van der Waals surface area contributed by atoms with E-state index in [1.807, 2.05) is 12.1 Å². The van der Waals surface area contributed by atoms with Crippen LogP contribution in [0.15, 0.2) is 29.2 Å². The highest BCUT2D eigenvalue weighted by molar-refractivity contribution is 7.89. The fraction of sp³-hybridized carbons (Fsp3) is 0.600. The van der Waals surface area contributed by atoms with Gasteiger partial charge in [0.15, 0.2) is 0 Å². The fourth-order valence-electron chi connectivity index (χ4n) is 2.12. The number of rotatable bonds is 9. The van der Waals surface area contributed by atoms with E-state index in [9.17, 15) is 8.42 Å². The van der Waals surface area contributed by atoms with Gasteiger partial charge < -0.3 is 10.4 Å². The molecule has 1 atom stereocenters. The lowest BCUT2D eigenvalue weighted by molar-refractivity contribution is 0.257. The highest BCUT2D eigenvalue weighted by atomic mass is 32.2. The third kappa shape index (κ3) is 4.78. The molecule has 0 heterocycles. The van der Waals surface area contributed by atoms with Crippen molar-refractivity contribution in [2.45, 2.75) is 38.1 Å². The summed E-state index contributed by atoms with van der Waals surface area (Å²) < 4.78 is 26.1. The molecule has 6 heteroatoms. The number of hydrogen-bond donors (Lipinski definition) is 2. The molecule has 1 rings (SSSR count). The zero-order valence-electron chi connectivity index (χ0n) is 13.0. The minimum atomic E-state index is -3.52. The predicted octanol–water partition coefficient (Wildman–Crippen LogP) is 1.75. The third-order valence-electron chi connectivity index (χ3n) is 3.42. The van der Waals surface area contributed by atoms with Gasteiger partial charge in [0.25, 0.3) is 0 Å². The van der Waals surface area contributed by atoms with Crippen molar-refractivity contribution >= 4 is 10.0 Å². The molecule has 0 fully saturated rings. The summed E-state index contributed by atoms with van der Waals surface area (Å²) in [5.41, 5.74) is 1.06. The largest absolute Gasteiger partial charge is 0.395 e. The Morgan fingerprint density at radius 1 is 1.24 bits per heavy atom. The summed E-state index contributed by atoms with van der Waals surface area (Å²) in [6.45, 7) is 7.15. The van der Waals surface area contributed by atoms with Crippen LogP contribution in [0.1, 0.15) is 38.8 Å². The number of aliphatic hydroxyl groups is 1. The molecule has 0 aliphatic rings. The van der Waals surface area contributed by atoms with Crippen LogP contribution in [0.5, 0.6) is 0 Å². The summed E-state index contributed by atoms with van der Waals surface area (Å²) in [5, 5.41) is 12.3. The van der Waals surface area contributed by atoms with Crippen molar-refractivity contribution in [1.29, 1.82) is 0 Å². The molecular weight excluding hydrogens is 288 g/mol. The smallest absolute Gasteiger partial charge is 0.243 e. The maximum Gasteiger partial charge on any atom is 0.243 e. The number of likely N-dealkylation sites (N-methyl/N-ethyl adjacent to an activating group) is 1. The minimum Gasteiger partial charge on any atom is -0.395 e. The van der Waals surface area contributed by atoms with Crippen LogP contribution in [0.4, 0.5) is 0 Å². The van der Waals surface area contributed by atoms with E-state index >= 15 is 0 Å². The van der Waals surface area contributed by atoms with Gasteiger partial charge in [-0.3, -0.25) is 0 Å². The molecular formula is C15H26N2O3S. The Morgan fingerprint density at radius 3 is 2.33 bits per heavy atom. The summed E-state index contributed by atoms with van der Waals surface area (Å²) in [4.78, 5) is 0.268. The van der Waals surface area contributed by atoms with Gasteiger partial charge in [0.1, 0.15) is 0 Å². The Kier molecular flexibility index (Phi) is 7.31. The molecule has 0 spiro atoms. The predicted molar refractivity (Wildman–Crippen MR) is 84.7 cm³/mol. The van der Waals surface area contributed by atoms with Gasteiger partial charge in [0, 0.05) is 19.1 Å². The van der Waals surface area contributed by atoms with Crippen LogP contribution in [0.3, 0.4) is 0 Å². The van der Waals surface area contributed by atoms with E-state index in [4.69, 9.17) is 5.11 Å². The second-order valence-corrected chi connectivity index (χ2v) is 6.90. The quantitative estimate of drug-likeness (QED) is 0.728. The van der Waals surface area contributed by atoms with E-state index in [1.165, 1.54) is 4.31 Å². The monoisotopic (exact) mass is 314 g/mol. The highest BCUT2D eigenvalue weighted by Crippen LogP contribution is 2.19. The first-order valence-electron chi connectivity index (χ1n) is 7.41. The van der Waals surface area contributed by atoms with Crippen molar-refractivity contribution in [3.05, 3.63) is 29.8 Å². The van der Waals surface area contributed by atoms with E-state index < -0.39 is 10.0 Å². The molecule has 2 N–H and O–H groups in total. The molecule has 1 unspecified atom stereocenters. The van der Waals surface area contributed by atoms with E-state index in [2.05, 4.69) is 19.2 Å². The van der Waals surface area contributed by atoms with Gasteiger partial charge in [-0.25, -0.2) is 8.42 Å². The molecule has 0 bridgehead atoms. The normalized spacial score (nSPS) is 13.6. The average Bonchev–Trinajstić information content (AvgIpc) is 2.50. The maximum absolute atomic E-state index is 12.4. The first-order chi connectivity index (χ1) is 9.97. The maximum atomic E-state index is 12.4. The zero-order chi connectivity index (χ0) is 15.9. The van der Waals surface area contributed by atoms with Gasteiger partial charge in [-0.2, -0.15) is 4.31 Å². The van der Waals surface area contributed by atoms with Crippen molar-refractivity contribution in [2.24, 2.45) is 0 Å². The summed E-state index contributed by atoms with van der Waals surface area (Å²) in [5.74, 6) is 0. The number of nitrogens with one attached hydrogen (secondary N) is 1. The van der Waals surface area contributed by atoms with Gasteiger partial charge in [-0.15, -0.1) is 0 Å². The first kappa shape index (κ1) is 18.1. The summed E-state index contributed by atoms with van der Waals surface area (Å²) in [6, 6.07) is 7.14. The lowest BCUT2D eigenvalue weighted by atomic mass is 10.1. The molecule has 0 saturated carbocycles. The number of hydrogen-bond acceptors (Lipinski definition) is 4. The molecule has 0 saturated heterocycles. The topological polar surface area (TPSA) is 69.6 Å². The first-order valence-corrected chi connectivity index (χ1v) is 8.85. The average molecular weight is 314 g/mol. The van der Waals surface area contributed by atoms with Crippen LogP contribution < -0.4 is 5.32 Å². The van der Waals surface area contributed by atoms with Gasteiger partial charge >= 0.3 is 0 Å². The van der Waals surface area contributed by atoms with Crippen LogP contribution in [0.25, 0.3) is 0 Å². The Labute approximate surface area is 128 Å². The third-order valence-corrected chi connectivity index (χ3v) is 5.41. The molecule has 1 aromatic carbocycles. The van der Waals surface area contributed by atoms with E-state index in [-0.39, 0.29) is 24.1 Å². The van der Waals surface area contributed by atoms with Gasteiger partial charge in [-0.1, -0.05) is 26.0 Å². The van der Waals surface area contributed by atoms with Crippen LogP contribution in [-0.4, -0.2) is 44.1 Å². The van der Waals surface area contributed by atoms with Crippen molar-refractivity contribution in [3.8, 4) is 0 Å². The summed E-state index contributed by atoms with van der Waals surface area (Å²) in [7, 11) is -3.52. The highest BCUT2D eigenvalue weighted by Gasteiger charge is 2.22. The summed E-state index contributed by atoms with van der Waals surface area (Å²) >= 11 is 0. The molecule has 0 radical (unpaired) electrons. The number of nitrogens with zero attached hydrogens (tertiary/aromatic N) is 1. The number of sulfonamides is 1. The summed E-state index contributed by atoms with van der Waals surface area (Å²) in [6.07, 6.45) is 1.06. The lowest BCUT2D eigenvalue weighted by Gasteiger charge is -2.20. The van der Waals surface area contributed by atoms with Crippen LogP contribution in [-0.2, 0) is 10.0 Å². The number of aliphatic hydroxyl groups excluding tert-OH is 1. The molecule has 120 valence electrons. The van der Waals surface area contributed by atoms with Crippen molar-refractivity contribution in [1.82, 2.24) is 9.62 Å². The second kappa shape index (κ2) is 8.48. The van der Waals surface area contributed by atoms with Crippen molar-refractivity contribution in [3.63, 3.8) is 0 Å². The van der Waals surface area contributed by atoms with Gasteiger partial charge in [0.05, 0.1) is 11.5 Å². The molecule has 5 nitrogen and oxygen atoms in total. The van der Waals surface area contributed by atoms with E-state index in [0.29, 0.717) is 6.54 Å². The van der Waals surface area contributed by atoms with Crippen LogP contribution >= 0.6 is 0 Å². The lowest BCUT2D eigenvalue weighted by Crippen LogP contribution is -2.33. The van der Waals surface area contributed by atoms with E-state index in [0.717, 1.165) is 18.5 Å². The molecule has 0 aliphatic carbocycles. The number of benzene rings is 1. The molecule has 0 aliphatic heterocycles. The van der Waals surface area contributed by atoms with Crippen molar-refractivity contribution in [2.75, 3.05) is 26.2 Å².